The molecule has 0 fully saturated rings. The zero-order chi connectivity index (χ0) is 14.7. The van der Waals surface area contributed by atoms with E-state index in [1.807, 2.05) is 13.8 Å². The van der Waals surface area contributed by atoms with Crippen LogP contribution in [0.5, 0.6) is 0 Å². The van der Waals surface area contributed by atoms with Crippen molar-refractivity contribution in [1.82, 2.24) is 19.9 Å². The van der Waals surface area contributed by atoms with Crippen LogP contribution in [0.3, 0.4) is 0 Å². The number of carbonyl (C=O) groups is 1. The fraction of sp³-hybridized carbons (Fsp3) is 0.250. The lowest BCUT2D eigenvalue weighted by Crippen LogP contribution is -2.17. The van der Waals surface area contributed by atoms with Crippen LogP contribution in [-0.2, 0) is 0 Å². The smallest absolute Gasteiger partial charge is 0.277 e. The molecule has 0 aliphatic heterocycles. The van der Waals surface area contributed by atoms with Gasteiger partial charge in [-0.05, 0) is 0 Å². The van der Waals surface area contributed by atoms with E-state index in [0.717, 1.165) is 0 Å². The van der Waals surface area contributed by atoms with Gasteiger partial charge in [-0.2, -0.15) is 0 Å². The Morgan fingerprint density at radius 3 is 2.65 bits per heavy atom. The second-order valence-corrected chi connectivity index (χ2v) is 5.05. The average molecular weight is 312 g/mol. The number of carbonyl (C=O) groups excluding carboxylic acids is 1. The maximum absolute atomic E-state index is 12.1. The van der Waals surface area contributed by atoms with Gasteiger partial charge < -0.3 is 5.32 Å². The van der Waals surface area contributed by atoms with Crippen LogP contribution in [0.2, 0.25) is 10.2 Å². The number of anilines is 1. The number of amides is 1. The molecule has 0 aromatic carbocycles. The first kappa shape index (κ1) is 14.6. The third-order valence-electron chi connectivity index (χ3n) is 2.37. The highest BCUT2D eigenvalue weighted by molar-refractivity contribution is 6.34. The fourth-order valence-corrected chi connectivity index (χ4v) is 1.72. The molecule has 0 aliphatic carbocycles. The Kier molecular flexibility index (Phi) is 4.46. The summed E-state index contributed by atoms with van der Waals surface area (Å²) in [5.41, 5.74) is 0.0973. The molecule has 0 atom stereocenters. The van der Waals surface area contributed by atoms with Crippen molar-refractivity contribution in [3.8, 4) is 0 Å². The molecule has 0 aliphatic rings. The van der Waals surface area contributed by atoms with Crippen LogP contribution < -0.4 is 5.32 Å². The molecule has 0 saturated heterocycles. The van der Waals surface area contributed by atoms with Crippen LogP contribution in [0.4, 0.5) is 5.82 Å². The predicted octanol–water partition coefficient (Wildman–Crippen LogP) is 2.95. The average Bonchev–Trinajstić information content (AvgIpc) is 2.38. The van der Waals surface area contributed by atoms with Crippen LogP contribution in [0.25, 0.3) is 0 Å². The molecule has 0 radical (unpaired) electrons. The Bertz CT molecular complexity index is 647. The largest absolute Gasteiger partial charge is 0.305 e. The van der Waals surface area contributed by atoms with Crippen molar-refractivity contribution in [3.05, 3.63) is 40.3 Å². The minimum absolute atomic E-state index is 0.0901. The molecular weight excluding hydrogens is 301 g/mol. The van der Waals surface area contributed by atoms with Crippen molar-refractivity contribution in [2.45, 2.75) is 19.8 Å². The number of hydrogen-bond donors (Lipinski definition) is 1. The molecule has 0 unspecified atom stereocenters. The van der Waals surface area contributed by atoms with Gasteiger partial charge in [-0.3, -0.25) is 4.79 Å². The Morgan fingerprint density at radius 1 is 1.25 bits per heavy atom. The standard InChI is InChI=1S/C12H11Cl2N5O/c1-6(2)11-15-4-7(13)10(19-11)12(20)18-9-3-8(14)16-5-17-9/h3-6H,1-2H3,(H,16,17,18,20). The second-order valence-electron chi connectivity index (χ2n) is 4.26. The lowest BCUT2D eigenvalue weighted by molar-refractivity contribution is 0.102. The topological polar surface area (TPSA) is 80.7 Å². The Balaban J connectivity index is 2.27. The zero-order valence-corrected chi connectivity index (χ0v) is 12.3. The van der Waals surface area contributed by atoms with Gasteiger partial charge in [-0.15, -0.1) is 0 Å². The van der Waals surface area contributed by atoms with Gasteiger partial charge in [0, 0.05) is 12.0 Å². The van der Waals surface area contributed by atoms with Crippen LogP contribution in [-0.4, -0.2) is 25.8 Å². The molecule has 2 heterocycles. The summed E-state index contributed by atoms with van der Waals surface area (Å²) in [6.07, 6.45) is 2.66. The molecule has 1 N–H and O–H groups in total. The van der Waals surface area contributed by atoms with E-state index < -0.39 is 5.91 Å². The van der Waals surface area contributed by atoms with E-state index in [1.165, 1.54) is 18.6 Å². The molecule has 1 amide bonds. The summed E-state index contributed by atoms with van der Waals surface area (Å²) in [6, 6.07) is 1.43. The van der Waals surface area contributed by atoms with E-state index in [-0.39, 0.29) is 27.6 Å². The Labute approximate surface area is 125 Å². The number of nitrogens with one attached hydrogen (secondary N) is 1. The molecule has 104 valence electrons. The van der Waals surface area contributed by atoms with Gasteiger partial charge in [0.25, 0.3) is 5.91 Å². The van der Waals surface area contributed by atoms with Gasteiger partial charge in [-0.25, -0.2) is 19.9 Å². The highest BCUT2D eigenvalue weighted by atomic mass is 35.5. The van der Waals surface area contributed by atoms with Crippen LogP contribution in [0, 0.1) is 0 Å². The number of rotatable bonds is 3. The van der Waals surface area contributed by atoms with Crippen molar-refractivity contribution in [3.63, 3.8) is 0 Å². The van der Waals surface area contributed by atoms with E-state index >= 15 is 0 Å². The van der Waals surface area contributed by atoms with E-state index in [4.69, 9.17) is 23.2 Å². The summed E-state index contributed by atoms with van der Waals surface area (Å²) in [5, 5.41) is 2.96. The predicted molar refractivity (Wildman–Crippen MR) is 76.1 cm³/mol. The third-order valence-corrected chi connectivity index (χ3v) is 2.85. The van der Waals surface area contributed by atoms with Gasteiger partial charge >= 0.3 is 0 Å². The van der Waals surface area contributed by atoms with E-state index in [1.54, 1.807) is 0 Å². The quantitative estimate of drug-likeness (QED) is 0.881. The van der Waals surface area contributed by atoms with E-state index in [2.05, 4.69) is 25.3 Å². The number of halogens is 2. The van der Waals surface area contributed by atoms with E-state index in [9.17, 15) is 4.79 Å². The highest BCUT2D eigenvalue weighted by Gasteiger charge is 2.16. The summed E-state index contributed by atoms with van der Waals surface area (Å²) in [6.45, 7) is 3.85. The first-order valence-electron chi connectivity index (χ1n) is 5.78. The second kappa shape index (κ2) is 6.11. The SMILES string of the molecule is CC(C)c1ncc(Cl)c(C(=O)Nc2cc(Cl)ncn2)n1. The molecule has 0 saturated carbocycles. The molecule has 20 heavy (non-hydrogen) atoms. The van der Waals surface area contributed by atoms with Crippen molar-refractivity contribution >= 4 is 34.9 Å². The van der Waals surface area contributed by atoms with Crippen molar-refractivity contribution in [1.29, 1.82) is 0 Å². The summed E-state index contributed by atoms with van der Waals surface area (Å²) in [5.74, 6) is 0.428. The molecule has 2 aromatic rings. The fourth-order valence-electron chi connectivity index (χ4n) is 1.40. The minimum Gasteiger partial charge on any atom is -0.305 e. The van der Waals surface area contributed by atoms with Crippen LogP contribution >= 0.6 is 23.2 Å². The number of nitrogens with zero attached hydrogens (tertiary/aromatic N) is 4. The van der Waals surface area contributed by atoms with Crippen LogP contribution in [0.15, 0.2) is 18.6 Å². The lowest BCUT2D eigenvalue weighted by atomic mass is 10.2. The summed E-state index contributed by atoms with van der Waals surface area (Å²) >= 11 is 11.7. The van der Waals surface area contributed by atoms with Crippen molar-refractivity contribution < 1.29 is 4.79 Å². The third kappa shape index (κ3) is 3.40. The molecule has 6 nitrogen and oxygen atoms in total. The lowest BCUT2D eigenvalue weighted by Gasteiger charge is -2.08. The summed E-state index contributed by atoms with van der Waals surface area (Å²) < 4.78 is 0. The van der Waals surface area contributed by atoms with Crippen molar-refractivity contribution in [2.75, 3.05) is 5.32 Å². The van der Waals surface area contributed by atoms with Gasteiger partial charge in [0.05, 0.1) is 11.2 Å². The van der Waals surface area contributed by atoms with Crippen LogP contribution in [0.1, 0.15) is 36.1 Å². The Morgan fingerprint density at radius 2 is 2.00 bits per heavy atom. The van der Waals surface area contributed by atoms with E-state index in [0.29, 0.717) is 5.82 Å². The molecule has 2 rings (SSSR count). The highest BCUT2D eigenvalue weighted by Crippen LogP contribution is 2.18. The normalized spacial score (nSPS) is 10.7. The van der Waals surface area contributed by atoms with Gasteiger partial charge in [0.1, 0.15) is 23.1 Å². The minimum atomic E-state index is -0.478. The first-order valence-corrected chi connectivity index (χ1v) is 6.54. The maximum atomic E-state index is 12.1. The van der Waals surface area contributed by atoms with Gasteiger partial charge in [-0.1, -0.05) is 37.0 Å². The van der Waals surface area contributed by atoms with Crippen molar-refractivity contribution in [2.24, 2.45) is 0 Å². The number of hydrogen-bond acceptors (Lipinski definition) is 5. The monoisotopic (exact) mass is 311 g/mol. The molecule has 0 spiro atoms. The van der Waals surface area contributed by atoms with Gasteiger partial charge in [0.15, 0.2) is 5.69 Å². The number of aromatic nitrogens is 4. The first-order chi connectivity index (χ1) is 9.47. The molecular formula is C12H11Cl2N5O. The molecule has 8 heteroatoms. The zero-order valence-electron chi connectivity index (χ0n) is 10.8. The Hall–Kier alpha value is -1.79. The van der Waals surface area contributed by atoms with Gasteiger partial charge in [0.2, 0.25) is 0 Å². The maximum Gasteiger partial charge on any atom is 0.277 e. The summed E-state index contributed by atoms with van der Waals surface area (Å²) in [4.78, 5) is 28.0. The molecule has 2 aromatic heterocycles. The molecule has 0 bridgehead atoms. The summed E-state index contributed by atoms with van der Waals surface area (Å²) in [7, 11) is 0.